The fourth-order valence-electron chi connectivity index (χ4n) is 1.07. The average molecular weight is 364 g/mol. The van der Waals surface area contributed by atoms with Gasteiger partial charge in [0, 0.05) is 4.47 Å². The van der Waals surface area contributed by atoms with Crippen LogP contribution in [0.25, 0.3) is 0 Å². The van der Waals surface area contributed by atoms with Gasteiger partial charge in [-0.2, -0.15) is 13.2 Å². The maximum Gasteiger partial charge on any atom is 0.419 e. The maximum absolute atomic E-state index is 13.4. The quantitative estimate of drug-likeness (QED) is 0.437. The molecule has 7 heteroatoms. The molecule has 88 valence electrons. The Morgan fingerprint density at radius 3 is 2.31 bits per heavy atom. The first-order chi connectivity index (χ1) is 7.27. The summed E-state index contributed by atoms with van der Waals surface area (Å²) in [7, 11) is 0. The van der Waals surface area contributed by atoms with Crippen molar-refractivity contribution in [3.63, 3.8) is 0 Å². The molecule has 0 N–H and O–H groups in total. The van der Waals surface area contributed by atoms with Gasteiger partial charge in [-0.3, -0.25) is 4.79 Å². The van der Waals surface area contributed by atoms with E-state index in [4.69, 9.17) is 0 Å². The molecule has 16 heavy (non-hydrogen) atoms. The van der Waals surface area contributed by atoms with Crippen molar-refractivity contribution in [3.8, 4) is 0 Å². The SMILES string of the molecule is O=C(CBr)c1cc(Br)cc(C(F)(F)F)c1F. The van der Waals surface area contributed by atoms with Crippen molar-refractivity contribution in [3.05, 3.63) is 33.5 Å². The lowest BCUT2D eigenvalue weighted by Gasteiger charge is -2.11. The third-order valence-corrected chi connectivity index (χ3v) is 2.73. The summed E-state index contributed by atoms with van der Waals surface area (Å²) in [6.07, 6.45) is -4.82. The molecule has 1 nitrogen and oxygen atoms in total. The Hall–Kier alpha value is -0.430. The molecule has 0 aliphatic rings. The number of hydrogen-bond donors (Lipinski definition) is 0. The summed E-state index contributed by atoms with van der Waals surface area (Å²) in [5.74, 6) is -2.29. The molecule has 0 aromatic heterocycles. The zero-order valence-electron chi connectivity index (χ0n) is 7.54. The number of halogens is 6. The van der Waals surface area contributed by atoms with E-state index in [9.17, 15) is 22.4 Å². The molecule has 0 saturated heterocycles. The predicted octanol–water partition coefficient (Wildman–Crippen LogP) is 4.18. The number of carbonyl (C=O) groups excluding carboxylic acids is 1. The normalized spacial score (nSPS) is 11.6. The largest absolute Gasteiger partial charge is 0.419 e. The molecule has 0 aliphatic carbocycles. The number of Topliss-reactive ketones (excluding diaryl/α,β-unsaturated/α-hetero) is 1. The topological polar surface area (TPSA) is 17.1 Å². The summed E-state index contributed by atoms with van der Waals surface area (Å²) in [5, 5.41) is -0.238. The van der Waals surface area contributed by atoms with Crippen molar-refractivity contribution >= 4 is 37.6 Å². The van der Waals surface area contributed by atoms with Gasteiger partial charge in [-0.1, -0.05) is 31.9 Å². The Morgan fingerprint density at radius 2 is 1.88 bits per heavy atom. The Kier molecular flexibility index (Phi) is 4.12. The number of hydrogen-bond acceptors (Lipinski definition) is 1. The van der Waals surface area contributed by atoms with Crippen molar-refractivity contribution < 1.29 is 22.4 Å². The molecule has 0 amide bonds. The second kappa shape index (κ2) is 4.83. The molecule has 0 fully saturated rings. The van der Waals surface area contributed by atoms with E-state index in [1.807, 2.05) is 0 Å². The van der Waals surface area contributed by atoms with Crippen LogP contribution in [0.5, 0.6) is 0 Å². The Balaban J connectivity index is 3.44. The summed E-state index contributed by atoms with van der Waals surface area (Å²) in [5.41, 5.74) is -2.04. The molecule has 0 unspecified atom stereocenters. The molecular weight excluding hydrogens is 360 g/mol. The van der Waals surface area contributed by atoms with Crippen molar-refractivity contribution in [2.24, 2.45) is 0 Å². The van der Waals surface area contributed by atoms with Gasteiger partial charge in [0.1, 0.15) is 5.82 Å². The third kappa shape index (κ3) is 2.82. The lowest BCUT2D eigenvalue weighted by molar-refractivity contribution is -0.140. The lowest BCUT2D eigenvalue weighted by Crippen LogP contribution is -2.13. The minimum Gasteiger partial charge on any atom is -0.293 e. The molecule has 1 rings (SSSR count). The number of rotatable bonds is 2. The average Bonchev–Trinajstić information content (AvgIpc) is 2.18. The first-order valence-corrected chi connectivity index (χ1v) is 5.84. The number of carbonyl (C=O) groups is 1. The molecule has 1 aromatic carbocycles. The molecule has 0 saturated carbocycles. The molecule has 0 heterocycles. The number of benzene rings is 1. The standard InChI is InChI=1S/C9H4Br2F4O/c10-3-7(16)5-1-4(11)2-6(8(5)12)9(13,14)15/h1-2H,3H2. The maximum atomic E-state index is 13.4. The first-order valence-electron chi connectivity index (χ1n) is 3.92. The first kappa shape index (κ1) is 13.6. The molecule has 1 aromatic rings. The van der Waals surface area contributed by atoms with Gasteiger partial charge in [0.2, 0.25) is 0 Å². The highest BCUT2D eigenvalue weighted by molar-refractivity contribution is 9.10. The van der Waals surface area contributed by atoms with E-state index in [1.54, 1.807) is 0 Å². The summed E-state index contributed by atoms with van der Waals surface area (Å²) >= 11 is 5.58. The summed E-state index contributed by atoms with van der Waals surface area (Å²) in [6.45, 7) is 0. The molecule has 0 radical (unpaired) electrons. The van der Waals surface area contributed by atoms with Crippen molar-refractivity contribution in [1.82, 2.24) is 0 Å². The number of alkyl halides is 4. The fourth-order valence-corrected chi connectivity index (χ4v) is 1.83. The van der Waals surface area contributed by atoms with E-state index in [-0.39, 0.29) is 9.80 Å². The second-order valence-corrected chi connectivity index (χ2v) is 4.35. The van der Waals surface area contributed by atoms with Crippen LogP contribution in [0.3, 0.4) is 0 Å². The van der Waals surface area contributed by atoms with E-state index >= 15 is 0 Å². The second-order valence-electron chi connectivity index (χ2n) is 2.87. The summed E-state index contributed by atoms with van der Waals surface area (Å²) in [4.78, 5) is 11.2. The highest BCUT2D eigenvalue weighted by Crippen LogP contribution is 2.34. The van der Waals surface area contributed by atoms with Crippen LogP contribution < -0.4 is 0 Å². The minimum absolute atomic E-state index is 0.00512. The van der Waals surface area contributed by atoms with Gasteiger partial charge in [0.25, 0.3) is 0 Å². The zero-order valence-corrected chi connectivity index (χ0v) is 10.7. The molecule has 0 atom stereocenters. The summed E-state index contributed by atoms with van der Waals surface area (Å²) in [6, 6.07) is 1.62. The van der Waals surface area contributed by atoms with E-state index in [0.29, 0.717) is 6.07 Å². The van der Waals surface area contributed by atoms with Crippen LogP contribution in [0.2, 0.25) is 0 Å². The van der Waals surface area contributed by atoms with Crippen LogP contribution in [0.1, 0.15) is 15.9 Å². The Morgan fingerprint density at radius 1 is 1.31 bits per heavy atom. The van der Waals surface area contributed by atoms with Gasteiger partial charge in [0.05, 0.1) is 16.5 Å². The van der Waals surface area contributed by atoms with Crippen LogP contribution in [0.15, 0.2) is 16.6 Å². The van der Waals surface area contributed by atoms with E-state index < -0.39 is 28.9 Å². The van der Waals surface area contributed by atoms with E-state index in [0.717, 1.165) is 6.07 Å². The number of ketones is 1. The highest BCUT2D eigenvalue weighted by atomic mass is 79.9. The zero-order chi connectivity index (χ0) is 12.5. The van der Waals surface area contributed by atoms with Crippen LogP contribution in [-0.2, 0) is 6.18 Å². The van der Waals surface area contributed by atoms with E-state index in [1.165, 1.54) is 0 Å². The van der Waals surface area contributed by atoms with Gasteiger partial charge in [-0.15, -0.1) is 0 Å². The fraction of sp³-hybridized carbons (Fsp3) is 0.222. The predicted molar refractivity (Wildman–Crippen MR) is 57.2 cm³/mol. The van der Waals surface area contributed by atoms with Crippen molar-refractivity contribution in [2.45, 2.75) is 6.18 Å². The minimum atomic E-state index is -4.82. The highest BCUT2D eigenvalue weighted by Gasteiger charge is 2.36. The molecule has 0 bridgehead atoms. The van der Waals surface area contributed by atoms with Gasteiger partial charge in [-0.05, 0) is 12.1 Å². The van der Waals surface area contributed by atoms with Gasteiger partial charge >= 0.3 is 6.18 Å². The van der Waals surface area contributed by atoms with Gasteiger partial charge < -0.3 is 0 Å². The van der Waals surface area contributed by atoms with Crippen molar-refractivity contribution in [2.75, 3.05) is 5.33 Å². The monoisotopic (exact) mass is 362 g/mol. The summed E-state index contributed by atoms with van der Waals surface area (Å²) < 4.78 is 50.6. The third-order valence-electron chi connectivity index (χ3n) is 1.76. The Labute approximate surface area is 105 Å². The molecule has 0 spiro atoms. The van der Waals surface area contributed by atoms with Gasteiger partial charge in [-0.25, -0.2) is 4.39 Å². The van der Waals surface area contributed by atoms with E-state index in [2.05, 4.69) is 31.9 Å². The van der Waals surface area contributed by atoms with Crippen LogP contribution in [0.4, 0.5) is 17.6 Å². The lowest BCUT2D eigenvalue weighted by atomic mass is 10.1. The van der Waals surface area contributed by atoms with Crippen LogP contribution >= 0.6 is 31.9 Å². The molecular formula is C9H4Br2F4O. The van der Waals surface area contributed by atoms with Crippen LogP contribution in [0, 0.1) is 5.82 Å². The van der Waals surface area contributed by atoms with Crippen molar-refractivity contribution in [1.29, 1.82) is 0 Å². The smallest absolute Gasteiger partial charge is 0.293 e. The van der Waals surface area contributed by atoms with Crippen LogP contribution in [-0.4, -0.2) is 11.1 Å². The van der Waals surface area contributed by atoms with Gasteiger partial charge in [0.15, 0.2) is 5.78 Å². The molecule has 0 aliphatic heterocycles. The Bertz CT molecular complexity index is 428.